The highest BCUT2D eigenvalue weighted by molar-refractivity contribution is 5.89. The van der Waals surface area contributed by atoms with Crippen LogP contribution in [0.25, 0.3) is 0 Å². The number of carboxylic acids is 1. The van der Waals surface area contributed by atoms with Gasteiger partial charge in [0.1, 0.15) is 0 Å². The summed E-state index contributed by atoms with van der Waals surface area (Å²) in [4.78, 5) is 24.5. The molecule has 5 nitrogen and oxygen atoms in total. The molecule has 1 aliphatic heterocycles. The average molecular weight is 317 g/mol. The molecule has 2 fully saturated rings. The van der Waals surface area contributed by atoms with Gasteiger partial charge in [-0.05, 0) is 31.2 Å². The van der Waals surface area contributed by atoms with E-state index in [4.69, 9.17) is 4.74 Å². The molecule has 23 heavy (non-hydrogen) atoms. The fraction of sp³-hybridized carbons (Fsp3) is 0.556. The minimum absolute atomic E-state index is 0.0398. The van der Waals surface area contributed by atoms with Crippen LogP contribution in [-0.2, 0) is 19.7 Å². The van der Waals surface area contributed by atoms with Gasteiger partial charge >= 0.3 is 5.97 Å². The van der Waals surface area contributed by atoms with E-state index in [0.717, 1.165) is 24.8 Å². The molecule has 1 heterocycles. The summed E-state index contributed by atoms with van der Waals surface area (Å²) < 4.78 is 5.27. The summed E-state index contributed by atoms with van der Waals surface area (Å²) in [5.74, 6) is -0.884. The van der Waals surface area contributed by atoms with Gasteiger partial charge in [0.2, 0.25) is 5.91 Å². The summed E-state index contributed by atoms with van der Waals surface area (Å²) in [5.41, 5.74) is -0.345. The molecule has 2 N–H and O–H groups in total. The molecule has 0 spiro atoms. The van der Waals surface area contributed by atoms with Crippen molar-refractivity contribution in [3.8, 4) is 0 Å². The van der Waals surface area contributed by atoms with Crippen molar-refractivity contribution in [3.63, 3.8) is 0 Å². The predicted octanol–water partition coefficient (Wildman–Crippen LogP) is 2.11. The number of rotatable bonds is 5. The summed E-state index contributed by atoms with van der Waals surface area (Å²) in [6.07, 6.45) is 3.57. The van der Waals surface area contributed by atoms with E-state index in [-0.39, 0.29) is 12.5 Å². The van der Waals surface area contributed by atoms with Crippen molar-refractivity contribution >= 4 is 11.9 Å². The Morgan fingerprint density at radius 2 is 1.74 bits per heavy atom. The highest BCUT2D eigenvalue weighted by Gasteiger charge is 2.47. The van der Waals surface area contributed by atoms with Gasteiger partial charge in [0.15, 0.2) is 0 Å². The van der Waals surface area contributed by atoms with Crippen molar-refractivity contribution in [1.29, 1.82) is 0 Å². The predicted molar refractivity (Wildman–Crippen MR) is 85.1 cm³/mol. The molecule has 1 amide bonds. The first-order valence-electron chi connectivity index (χ1n) is 8.24. The molecule has 0 bridgehead atoms. The molecule has 1 aromatic carbocycles. The van der Waals surface area contributed by atoms with Crippen LogP contribution in [0.1, 0.15) is 37.7 Å². The van der Waals surface area contributed by atoms with Gasteiger partial charge in [-0.2, -0.15) is 0 Å². The van der Waals surface area contributed by atoms with Crippen LogP contribution in [-0.4, -0.2) is 36.7 Å². The second-order valence-corrected chi connectivity index (χ2v) is 6.68. The number of benzene rings is 1. The molecular formula is C18H23NO4. The fourth-order valence-electron chi connectivity index (χ4n) is 3.58. The number of amides is 1. The van der Waals surface area contributed by atoms with Crippen molar-refractivity contribution in [3.05, 3.63) is 35.9 Å². The van der Waals surface area contributed by atoms with E-state index in [1.54, 1.807) is 0 Å². The molecule has 0 atom stereocenters. The summed E-state index contributed by atoms with van der Waals surface area (Å²) in [6, 6.07) is 9.80. The number of hydrogen-bond acceptors (Lipinski definition) is 3. The van der Waals surface area contributed by atoms with E-state index in [2.05, 4.69) is 5.32 Å². The lowest BCUT2D eigenvalue weighted by molar-refractivity contribution is -0.155. The zero-order valence-corrected chi connectivity index (χ0v) is 13.2. The molecule has 0 radical (unpaired) electrons. The Hall–Kier alpha value is -1.88. The lowest BCUT2D eigenvalue weighted by Gasteiger charge is -2.42. The van der Waals surface area contributed by atoms with Crippen LogP contribution >= 0.6 is 0 Å². The molecule has 5 heteroatoms. The molecule has 1 aromatic rings. The molecule has 3 rings (SSSR count). The summed E-state index contributed by atoms with van der Waals surface area (Å²) >= 11 is 0. The number of carbonyl (C=O) groups is 2. The third-order valence-electron chi connectivity index (χ3n) is 5.46. The standard InChI is InChI=1S/C18H23NO4/c20-15(18(7-4-8-18)14-5-2-1-3-6-14)19-13-17(16(21)22)9-11-23-12-10-17/h1-3,5-6H,4,7-13H2,(H,19,20)(H,21,22). The van der Waals surface area contributed by atoms with Gasteiger partial charge in [-0.1, -0.05) is 36.8 Å². The van der Waals surface area contributed by atoms with E-state index in [0.29, 0.717) is 26.1 Å². The van der Waals surface area contributed by atoms with Crippen molar-refractivity contribution in [2.45, 2.75) is 37.5 Å². The number of carbonyl (C=O) groups excluding carboxylic acids is 1. The molecule has 2 aliphatic rings. The smallest absolute Gasteiger partial charge is 0.311 e. The summed E-state index contributed by atoms with van der Waals surface area (Å²) in [6.45, 7) is 1.05. The Labute approximate surface area is 136 Å². The molecule has 1 saturated carbocycles. The topological polar surface area (TPSA) is 75.6 Å². The van der Waals surface area contributed by atoms with Crippen molar-refractivity contribution in [1.82, 2.24) is 5.32 Å². The van der Waals surface area contributed by atoms with Crippen LogP contribution in [0.5, 0.6) is 0 Å². The van der Waals surface area contributed by atoms with Gasteiger partial charge in [-0.25, -0.2) is 0 Å². The highest BCUT2D eigenvalue weighted by atomic mass is 16.5. The lowest BCUT2D eigenvalue weighted by atomic mass is 9.63. The minimum atomic E-state index is -0.893. The quantitative estimate of drug-likeness (QED) is 0.872. The van der Waals surface area contributed by atoms with Gasteiger partial charge in [-0.3, -0.25) is 9.59 Å². The third-order valence-corrected chi connectivity index (χ3v) is 5.46. The largest absolute Gasteiger partial charge is 0.481 e. The van der Waals surface area contributed by atoms with E-state index in [1.165, 1.54) is 0 Å². The Morgan fingerprint density at radius 1 is 1.09 bits per heavy atom. The van der Waals surface area contributed by atoms with Gasteiger partial charge in [0.05, 0.1) is 10.8 Å². The zero-order chi connectivity index (χ0) is 16.3. The van der Waals surface area contributed by atoms with E-state index < -0.39 is 16.8 Å². The minimum Gasteiger partial charge on any atom is -0.481 e. The van der Waals surface area contributed by atoms with E-state index in [1.807, 2.05) is 30.3 Å². The lowest BCUT2D eigenvalue weighted by Crippen LogP contribution is -2.53. The molecule has 1 saturated heterocycles. The number of ether oxygens (including phenoxy) is 1. The Bertz CT molecular complexity index is 574. The first-order valence-corrected chi connectivity index (χ1v) is 8.24. The van der Waals surface area contributed by atoms with Crippen molar-refractivity contribution in [2.75, 3.05) is 19.8 Å². The van der Waals surface area contributed by atoms with Gasteiger partial charge in [0.25, 0.3) is 0 Å². The third kappa shape index (κ3) is 2.85. The van der Waals surface area contributed by atoms with Gasteiger partial charge in [-0.15, -0.1) is 0 Å². The van der Waals surface area contributed by atoms with Gasteiger partial charge < -0.3 is 15.2 Å². The molecule has 0 unspecified atom stereocenters. The highest BCUT2D eigenvalue weighted by Crippen LogP contribution is 2.44. The maximum Gasteiger partial charge on any atom is 0.311 e. The van der Waals surface area contributed by atoms with E-state index >= 15 is 0 Å². The summed E-state index contributed by atoms with van der Waals surface area (Å²) in [5, 5.41) is 12.5. The number of aliphatic carboxylic acids is 1. The number of hydrogen-bond donors (Lipinski definition) is 2. The monoisotopic (exact) mass is 317 g/mol. The maximum absolute atomic E-state index is 12.8. The van der Waals surface area contributed by atoms with Crippen LogP contribution in [0, 0.1) is 5.41 Å². The Kier molecular flexibility index (Phi) is 4.39. The SMILES string of the molecule is O=C(O)C1(CNC(=O)C2(c3ccccc3)CCC2)CCOCC1. The Morgan fingerprint density at radius 3 is 2.26 bits per heavy atom. The first-order chi connectivity index (χ1) is 11.1. The fourth-order valence-corrected chi connectivity index (χ4v) is 3.58. The van der Waals surface area contributed by atoms with Crippen molar-refractivity contribution < 1.29 is 19.4 Å². The van der Waals surface area contributed by atoms with Crippen LogP contribution in [0.15, 0.2) is 30.3 Å². The zero-order valence-electron chi connectivity index (χ0n) is 13.2. The number of nitrogens with one attached hydrogen (secondary N) is 1. The van der Waals surface area contributed by atoms with Gasteiger partial charge in [0, 0.05) is 19.8 Å². The van der Waals surface area contributed by atoms with Crippen LogP contribution < -0.4 is 5.32 Å². The van der Waals surface area contributed by atoms with Crippen LogP contribution in [0.3, 0.4) is 0 Å². The maximum atomic E-state index is 12.8. The summed E-state index contributed by atoms with van der Waals surface area (Å²) in [7, 11) is 0. The van der Waals surface area contributed by atoms with Crippen molar-refractivity contribution in [2.24, 2.45) is 5.41 Å². The first kappa shape index (κ1) is 16.0. The average Bonchev–Trinajstić information content (AvgIpc) is 2.54. The second kappa shape index (κ2) is 6.32. The number of carboxylic acid groups (broad SMARTS) is 1. The Balaban J connectivity index is 1.72. The van der Waals surface area contributed by atoms with E-state index in [9.17, 15) is 14.7 Å². The van der Waals surface area contributed by atoms with Crippen LogP contribution in [0.2, 0.25) is 0 Å². The normalized spacial score (nSPS) is 21.9. The molecule has 1 aliphatic carbocycles. The second-order valence-electron chi connectivity index (χ2n) is 6.68. The van der Waals surface area contributed by atoms with Crippen LogP contribution in [0.4, 0.5) is 0 Å². The molecule has 124 valence electrons. The molecular weight excluding hydrogens is 294 g/mol. The molecule has 0 aromatic heterocycles.